The van der Waals surface area contributed by atoms with Crippen LogP contribution in [0.3, 0.4) is 0 Å². The third-order valence-electron chi connectivity index (χ3n) is 7.58. The number of ether oxygens (including phenoxy) is 1. The number of carbonyl (C=O) groups excluding carboxylic acids is 2. The normalized spacial score (nSPS) is 31.3. The van der Waals surface area contributed by atoms with Gasteiger partial charge in [-0.05, 0) is 56.3 Å². The molecule has 2 amide bonds. The van der Waals surface area contributed by atoms with Crippen molar-refractivity contribution in [3.63, 3.8) is 0 Å². The fraction of sp³-hybridized carbons (Fsp3) is 0.783. The van der Waals surface area contributed by atoms with E-state index in [1.54, 1.807) is 7.11 Å². The predicted octanol–water partition coefficient (Wildman–Crippen LogP) is 1.95. The van der Waals surface area contributed by atoms with Gasteiger partial charge in [-0.25, -0.2) is 0 Å². The number of guanidine groups is 1. The van der Waals surface area contributed by atoms with Crippen molar-refractivity contribution in [2.24, 2.45) is 34.1 Å². The minimum absolute atomic E-state index is 0.0486. The summed E-state index contributed by atoms with van der Waals surface area (Å²) in [5.41, 5.74) is 0.290. The predicted molar refractivity (Wildman–Crippen MR) is 116 cm³/mol. The van der Waals surface area contributed by atoms with Crippen molar-refractivity contribution in [2.75, 3.05) is 39.9 Å². The van der Waals surface area contributed by atoms with Crippen LogP contribution < -0.4 is 10.6 Å². The summed E-state index contributed by atoms with van der Waals surface area (Å²) in [6, 6.07) is 0. The molecule has 0 spiro atoms. The summed E-state index contributed by atoms with van der Waals surface area (Å²) in [7, 11) is 1.76. The molecule has 1 saturated heterocycles. The van der Waals surface area contributed by atoms with E-state index in [-0.39, 0.29) is 40.9 Å². The van der Waals surface area contributed by atoms with Crippen molar-refractivity contribution < 1.29 is 14.3 Å². The van der Waals surface area contributed by atoms with E-state index in [4.69, 9.17) is 9.73 Å². The van der Waals surface area contributed by atoms with E-state index in [2.05, 4.69) is 29.7 Å². The maximum atomic E-state index is 12.8. The van der Waals surface area contributed by atoms with Crippen LogP contribution in [-0.4, -0.2) is 62.6 Å². The molecular formula is C23H36N4O3. The molecule has 0 radical (unpaired) electrons. The lowest BCUT2D eigenvalue weighted by atomic mass is 9.67. The maximum Gasteiger partial charge on any atom is 0.233 e. The van der Waals surface area contributed by atoms with Gasteiger partial charge in [0.2, 0.25) is 11.8 Å². The van der Waals surface area contributed by atoms with E-state index in [0.29, 0.717) is 13.1 Å². The molecule has 3 fully saturated rings. The molecule has 0 aromatic rings. The highest BCUT2D eigenvalue weighted by molar-refractivity contribution is 6.06. The van der Waals surface area contributed by atoms with E-state index >= 15 is 0 Å². The molecule has 166 valence electrons. The fourth-order valence-corrected chi connectivity index (χ4v) is 5.70. The van der Waals surface area contributed by atoms with Gasteiger partial charge in [0.15, 0.2) is 5.96 Å². The molecular weight excluding hydrogens is 380 g/mol. The molecule has 1 heterocycles. The van der Waals surface area contributed by atoms with Crippen LogP contribution >= 0.6 is 0 Å². The van der Waals surface area contributed by atoms with E-state index < -0.39 is 0 Å². The Kier molecular flexibility index (Phi) is 6.46. The number of nitrogens with one attached hydrogen (secondary N) is 2. The smallest absolute Gasteiger partial charge is 0.233 e. The first-order chi connectivity index (χ1) is 14.6. The molecule has 4 aliphatic rings. The number of allylic oxidation sites excluding steroid dienone is 2. The van der Waals surface area contributed by atoms with Gasteiger partial charge in [-0.2, -0.15) is 0 Å². The molecule has 7 nitrogen and oxygen atoms in total. The van der Waals surface area contributed by atoms with Gasteiger partial charge in [-0.15, -0.1) is 0 Å². The second kappa shape index (κ2) is 9.08. The Balaban J connectivity index is 1.24. The summed E-state index contributed by atoms with van der Waals surface area (Å²) >= 11 is 0. The van der Waals surface area contributed by atoms with Gasteiger partial charge in [-0.1, -0.05) is 18.6 Å². The zero-order valence-corrected chi connectivity index (χ0v) is 18.4. The third-order valence-corrected chi connectivity index (χ3v) is 7.58. The topological polar surface area (TPSA) is 83.0 Å². The molecule has 4 unspecified atom stereocenters. The second-order valence-corrected chi connectivity index (χ2v) is 9.40. The number of carbonyl (C=O) groups is 2. The molecule has 4 rings (SSSR count). The zero-order valence-electron chi connectivity index (χ0n) is 18.4. The van der Waals surface area contributed by atoms with Gasteiger partial charge in [0.05, 0.1) is 11.8 Å². The number of hydrogen-bond donors (Lipinski definition) is 2. The third kappa shape index (κ3) is 4.01. The number of methoxy groups -OCH3 is 1. The summed E-state index contributed by atoms with van der Waals surface area (Å²) in [4.78, 5) is 31.9. The first kappa shape index (κ1) is 21.3. The number of fused-ring (bicyclic) bond motifs is 5. The van der Waals surface area contributed by atoms with Crippen LogP contribution in [0.1, 0.15) is 45.4 Å². The highest BCUT2D eigenvalue weighted by Gasteiger charge is 2.58. The van der Waals surface area contributed by atoms with Crippen molar-refractivity contribution in [1.29, 1.82) is 0 Å². The van der Waals surface area contributed by atoms with Gasteiger partial charge >= 0.3 is 0 Å². The summed E-state index contributed by atoms with van der Waals surface area (Å²) in [6.45, 7) is 5.65. The number of likely N-dealkylation sites (tertiary alicyclic amines) is 1. The van der Waals surface area contributed by atoms with Gasteiger partial charge in [-0.3, -0.25) is 19.5 Å². The molecule has 0 aromatic carbocycles. The fourth-order valence-electron chi connectivity index (χ4n) is 5.70. The summed E-state index contributed by atoms with van der Waals surface area (Å²) < 4.78 is 5.27. The summed E-state index contributed by atoms with van der Waals surface area (Å²) in [5.74, 6) is 1.29. The van der Waals surface area contributed by atoms with Crippen LogP contribution in [0.5, 0.6) is 0 Å². The second-order valence-electron chi connectivity index (χ2n) is 9.40. The largest absolute Gasteiger partial charge is 0.385 e. The Labute approximate surface area is 179 Å². The standard InChI is InChI=1S/C23H36N4O3/c1-3-24-22(26-15-23(8-4-9-23)10-13-30-2)25-11-5-12-27-20(28)18-16-6-7-17(14-16)19(18)21(27)29/h6-7,16-19H,3-5,8-15H2,1-2H3,(H2,24,25,26). The molecule has 2 bridgehead atoms. The van der Waals surface area contributed by atoms with Crippen LogP contribution in [0.2, 0.25) is 0 Å². The first-order valence-corrected chi connectivity index (χ1v) is 11.6. The maximum absolute atomic E-state index is 12.8. The van der Waals surface area contributed by atoms with Crippen LogP contribution in [0.15, 0.2) is 17.1 Å². The van der Waals surface area contributed by atoms with Gasteiger partial charge < -0.3 is 15.4 Å². The monoisotopic (exact) mass is 416 g/mol. The molecule has 2 N–H and O–H groups in total. The summed E-state index contributed by atoms with van der Waals surface area (Å²) in [6.07, 6.45) is 10.8. The van der Waals surface area contributed by atoms with Crippen LogP contribution in [0.4, 0.5) is 0 Å². The molecule has 1 aliphatic heterocycles. The molecule has 0 aromatic heterocycles. The minimum Gasteiger partial charge on any atom is -0.385 e. The van der Waals surface area contributed by atoms with Crippen LogP contribution in [-0.2, 0) is 14.3 Å². The average molecular weight is 417 g/mol. The van der Waals surface area contributed by atoms with Gasteiger partial charge in [0.25, 0.3) is 0 Å². The van der Waals surface area contributed by atoms with E-state index in [9.17, 15) is 9.59 Å². The Morgan fingerprint density at radius 3 is 2.47 bits per heavy atom. The van der Waals surface area contributed by atoms with Crippen molar-refractivity contribution >= 4 is 17.8 Å². The van der Waals surface area contributed by atoms with E-state index in [0.717, 1.165) is 44.9 Å². The Morgan fingerprint density at radius 1 is 1.20 bits per heavy atom. The molecule has 2 saturated carbocycles. The molecule has 7 heteroatoms. The Bertz CT molecular complexity index is 685. The Hall–Kier alpha value is -1.89. The lowest BCUT2D eigenvalue weighted by molar-refractivity contribution is -0.140. The van der Waals surface area contributed by atoms with Crippen molar-refractivity contribution in [3.05, 3.63) is 12.2 Å². The van der Waals surface area contributed by atoms with E-state index in [1.165, 1.54) is 24.2 Å². The van der Waals surface area contributed by atoms with Gasteiger partial charge in [0, 0.05) is 39.9 Å². The Morgan fingerprint density at radius 2 is 1.90 bits per heavy atom. The molecule has 4 atom stereocenters. The SMILES string of the molecule is CCNC(=NCC1(CCOC)CCC1)NCCCN1C(=O)C2C3C=CC(C3)C2C1=O. The number of hydrogen-bond acceptors (Lipinski definition) is 4. The molecule has 3 aliphatic carbocycles. The number of aliphatic imine (C=N–C) groups is 1. The lowest BCUT2D eigenvalue weighted by Gasteiger charge is -2.40. The zero-order chi connectivity index (χ0) is 21.1. The van der Waals surface area contributed by atoms with Crippen molar-refractivity contribution in [2.45, 2.75) is 45.4 Å². The quantitative estimate of drug-likeness (QED) is 0.187. The van der Waals surface area contributed by atoms with Crippen LogP contribution in [0, 0.1) is 29.1 Å². The van der Waals surface area contributed by atoms with E-state index in [1.807, 2.05) is 0 Å². The number of nitrogens with zero attached hydrogens (tertiary/aromatic N) is 2. The highest BCUT2D eigenvalue weighted by atomic mass is 16.5. The first-order valence-electron chi connectivity index (χ1n) is 11.6. The highest BCUT2D eigenvalue weighted by Crippen LogP contribution is 2.52. The lowest BCUT2D eigenvalue weighted by Crippen LogP contribution is -2.41. The number of imide groups is 1. The average Bonchev–Trinajstić information content (AvgIpc) is 3.39. The number of rotatable bonds is 10. The number of amides is 2. The van der Waals surface area contributed by atoms with Crippen molar-refractivity contribution in [3.8, 4) is 0 Å². The molecule has 30 heavy (non-hydrogen) atoms. The van der Waals surface area contributed by atoms with Crippen LogP contribution in [0.25, 0.3) is 0 Å². The minimum atomic E-state index is -0.0925. The summed E-state index contributed by atoms with van der Waals surface area (Å²) in [5, 5.41) is 6.69. The van der Waals surface area contributed by atoms with Gasteiger partial charge in [0.1, 0.15) is 0 Å². The van der Waals surface area contributed by atoms with Crippen molar-refractivity contribution in [1.82, 2.24) is 15.5 Å².